The Morgan fingerprint density at radius 1 is 1.02 bits per heavy atom. The summed E-state index contributed by atoms with van der Waals surface area (Å²) in [5, 5.41) is -0.00826. The molecule has 11 nitrogen and oxygen atoms in total. The Balaban J connectivity index is 1.50. The molecule has 2 aromatic carbocycles. The zero-order valence-corrected chi connectivity index (χ0v) is 24.2. The van der Waals surface area contributed by atoms with Crippen LogP contribution in [0, 0.1) is 17.5 Å². The highest BCUT2D eigenvalue weighted by atomic mass is 32.2. The molecule has 1 N–H and O–H groups in total. The van der Waals surface area contributed by atoms with E-state index >= 15 is 4.39 Å². The predicted molar refractivity (Wildman–Crippen MR) is 155 cm³/mol. The lowest BCUT2D eigenvalue weighted by molar-refractivity contribution is -0.126. The van der Waals surface area contributed by atoms with Crippen molar-refractivity contribution in [2.75, 3.05) is 42.9 Å². The molecule has 2 aromatic heterocycles. The summed E-state index contributed by atoms with van der Waals surface area (Å²) >= 11 is 0. The lowest BCUT2D eigenvalue weighted by Gasteiger charge is -2.35. The van der Waals surface area contributed by atoms with Gasteiger partial charge in [-0.15, -0.1) is 0 Å². The number of fused-ring (bicyclic) bond motifs is 1. The first-order chi connectivity index (χ1) is 21.4. The van der Waals surface area contributed by atoms with Crippen LogP contribution in [0.2, 0.25) is 0 Å². The molecule has 0 atom stereocenters. The molecule has 1 aliphatic heterocycles. The van der Waals surface area contributed by atoms with Gasteiger partial charge in [0.15, 0.2) is 5.78 Å². The van der Waals surface area contributed by atoms with Gasteiger partial charge in [-0.25, -0.2) is 36.5 Å². The smallest absolute Gasteiger partial charge is 0.264 e. The zero-order valence-electron chi connectivity index (χ0n) is 24.3. The first-order valence-corrected chi connectivity index (χ1v) is 14.6. The van der Waals surface area contributed by atoms with Crippen LogP contribution in [-0.4, -0.2) is 73.2 Å². The quantitative estimate of drug-likeness (QED) is 0.290. The van der Waals surface area contributed by atoms with Crippen molar-refractivity contribution in [1.82, 2.24) is 19.9 Å². The van der Waals surface area contributed by atoms with E-state index in [2.05, 4.69) is 19.7 Å². The van der Waals surface area contributed by atoms with Gasteiger partial charge in [-0.05, 0) is 43.3 Å². The number of allylic oxidation sites excluding steroid dienone is 1. The van der Waals surface area contributed by atoms with Gasteiger partial charge in [0.2, 0.25) is 11.8 Å². The van der Waals surface area contributed by atoms with E-state index in [-0.39, 0.29) is 83.6 Å². The van der Waals surface area contributed by atoms with Gasteiger partial charge in [-0.1, -0.05) is 0 Å². The van der Waals surface area contributed by atoms with E-state index in [1.807, 2.05) is 0 Å². The van der Waals surface area contributed by atoms with Crippen molar-refractivity contribution < 1.29 is 37.3 Å². The summed E-state index contributed by atoms with van der Waals surface area (Å²) in [6, 6.07) is 6.09. The number of ketones is 1. The molecule has 3 heterocycles. The molecule has 4 aromatic rings. The van der Waals surface area contributed by atoms with E-state index < -0.39 is 32.4 Å². The minimum Gasteiger partial charge on any atom is -0.480 e. The Labute approximate surface area is 251 Å². The van der Waals surface area contributed by atoms with Gasteiger partial charge in [0.05, 0.1) is 18.0 Å². The number of aromatic nitrogens is 3. The van der Waals surface area contributed by atoms with Crippen molar-refractivity contribution in [3.63, 3.8) is 0 Å². The maximum Gasteiger partial charge on any atom is 0.264 e. The number of pyridine rings is 1. The van der Waals surface area contributed by atoms with E-state index in [9.17, 15) is 26.8 Å². The normalized spacial score (nSPS) is 14.2. The van der Waals surface area contributed by atoms with Crippen LogP contribution in [0.5, 0.6) is 5.88 Å². The molecule has 1 amide bonds. The van der Waals surface area contributed by atoms with Crippen LogP contribution < -0.4 is 14.4 Å². The molecule has 0 radical (unpaired) electrons. The molecule has 1 fully saturated rings. The molecule has 44 heavy (non-hydrogen) atoms. The summed E-state index contributed by atoms with van der Waals surface area (Å²) in [4.78, 5) is 38.3. The number of anilines is 2. The number of carbonyl (C=O) groups excluding carboxylic acids is 2. The molecule has 1 saturated heterocycles. The summed E-state index contributed by atoms with van der Waals surface area (Å²) in [5.74, 6) is -3.72. The van der Waals surface area contributed by atoms with E-state index in [0.717, 1.165) is 12.1 Å². The van der Waals surface area contributed by atoms with Crippen LogP contribution in [0.1, 0.15) is 8.29 Å². The molecule has 0 aliphatic carbocycles. The van der Waals surface area contributed by atoms with E-state index in [1.165, 1.54) is 55.5 Å². The fraction of sp³-hybridized carbons (Fsp3) is 0.207. The van der Waals surface area contributed by atoms with E-state index in [4.69, 9.17) is 6.11 Å². The van der Waals surface area contributed by atoms with Crippen LogP contribution in [0.4, 0.5) is 24.7 Å². The fourth-order valence-electron chi connectivity index (χ4n) is 4.67. The number of methoxy groups -OCH3 is 1. The topological polar surface area (TPSA) is 135 Å². The van der Waals surface area contributed by atoms with Gasteiger partial charge < -0.3 is 14.5 Å². The van der Waals surface area contributed by atoms with Crippen LogP contribution in [0.15, 0.2) is 65.9 Å². The van der Waals surface area contributed by atoms with Crippen molar-refractivity contribution in [3.05, 3.63) is 78.5 Å². The number of benzene rings is 2. The van der Waals surface area contributed by atoms with Crippen LogP contribution >= 0.6 is 0 Å². The number of carbonyl (C=O) groups is 2. The first-order valence-electron chi connectivity index (χ1n) is 13.6. The molecular formula is C29H25F3N6O5S. The van der Waals surface area contributed by atoms with Crippen LogP contribution in [0.25, 0.3) is 22.0 Å². The van der Waals surface area contributed by atoms with Crippen molar-refractivity contribution >= 4 is 44.1 Å². The first kappa shape index (κ1) is 29.0. The monoisotopic (exact) mass is 627 g/mol. The predicted octanol–water partition coefficient (Wildman–Crippen LogP) is 3.71. The third-order valence-corrected chi connectivity index (χ3v) is 8.20. The van der Waals surface area contributed by atoms with Crippen LogP contribution in [-0.2, 0) is 19.6 Å². The van der Waals surface area contributed by atoms with E-state index in [0.29, 0.717) is 6.07 Å². The van der Waals surface area contributed by atoms with Gasteiger partial charge in [-0.3, -0.25) is 14.3 Å². The van der Waals surface area contributed by atoms with Gasteiger partial charge in [0.25, 0.3) is 10.0 Å². The Morgan fingerprint density at radius 3 is 2.45 bits per heavy atom. The number of rotatable bonds is 8. The number of ether oxygens (including phenoxy) is 1. The molecule has 15 heteroatoms. The molecule has 0 saturated carbocycles. The molecule has 5 rings (SSSR count). The van der Waals surface area contributed by atoms with Crippen molar-refractivity contribution in [2.24, 2.45) is 0 Å². The van der Waals surface area contributed by atoms with Gasteiger partial charge in [-0.2, -0.15) is 0 Å². The average Bonchev–Trinajstić information content (AvgIpc) is 2.99. The molecule has 0 spiro atoms. The van der Waals surface area contributed by atoms with Crippen molar-refractivity contribution in [3.8, 4) is 17.0 Å². The second-order valence-electron chi connectivity index (χ2n) is 9.69. The lowest BCUT2D eigenvalue weighted by Crippen LogP contribution is -2.48. The number of hydrogen-bond acceptors (Lipinski definition) is 9. The maximum absolute atomic E-state index is 16.3. The summed E-state index contributed by atoms with van der Waals surface area (Å²) < 4.78 is 85.3. The SMILES string of the molecule is [2H]c1nc(N2CCN(C(=O)/C=C/C(C)=O)CC2)c2c(F)c(-c3cnc(OC)c(NS(=O)(=O)c4ccc(F)cc4F)c3)ccc2n1. The summed E-state index contributed by atoms with van der Waals surface area (Å²) in [6.07, 6.45) is 3.28. The second kappa shape index (κ2) is 12.3. The number of nitrogens with one attached hydrogen (secondary N) is 1. The van der Waals surface area contributed by atoms with Gasteiger partial charge in [0, 0.05) is 55.6 Å². The van der Waals surface area contributed by atoms with Crippen molar-refractivity contribution in [2.45, 2.75) is 11.8 Å². The molecule has 0 unspecified atom stereocenters. The summed E-state index contributed by atoms with van der Waals surface area (Å²) in [5.41, 5.74) is -0.00276. The highest BCUT2D eigenvalue weighted by molar-refractivity contribution is 7.92. The standard InChI is InChI=1S/C29H25F3N6O5S/c1-17(39)3-8-25(40)37-9-11-38(12-10-37)28-26-22(34-16-35-28)6-5-20(27(26)32)18-13-23(29(43-2)33-15-18)36-44(41,42)24-7-4-19(30)14-21(24)31/h3-8,13-16,36H,9-12H2,1-2H3/b8-3+/i16D. The number of sulfonamides is 1. The Hall–Kier alpha value is -5.05. The van der Waals surface area contributed by atoms with Crippen molar-refractivity contribution in [1.29, 1.82) is 0 Å². The number of halogens is 3. The minimum atomic E-state index is -4.58. The summed E-state index contributed by atoms with van der Waals surface area (Å²) in [7, 11) is -3.36. The highest BCUT2D eigenvalue weighted by Crippen LogP contribution is 2.36. The highest BCUT2D eigenvalue weighted by Gasteiger charge is 2.26. The largest absolute Gasteiger partial charge is 0.480 e. The Kier molecular flexibility index (Phi) is 8.11. The molecular weight excluding hydrogens is 601 g/mol. The lowest BCUT2D eigenvalue weighted by atomic mass is 10.0. The molecule has 1 aliphatic rings. The van der Waals surface area contributed by atoms with Gasteiger partial charge >= 0.3 is 0 Å². The Bertz CT molecular complexity index is 1970. The van der Waals surface area contributed by atoms with Crippen LogP contribution in [0.3, 0.4) is 0 Å². The second-order valence-corrected chi connectivity index (χ2v) is 11.3. The van der Waals surface area contributed by atoms with E-state index in [1.54, 1.807) is 4.90 Å². The molecule has 0 bridgehead atoms. The number of hydrogen-bond donors (Lipinski definition) is 1. The third-order valence-electron chi connectivity index (χ3n) is 6.80. The number of piperazine rings is 1. The fourth-order valence-corrected chi connectivity index (χ4v) is 5.78. The average molecular weight is 628 g/mol. The minimum absolute atomic E-state index is 0.00826. The molecule has 228 valence electrons. The number of amides is 1. The maximum atomic E-state index is 16.3. The summed E-state index contributed by atoms with van der Waals surface area (Å²) in [6.45, 7) is 2.35. The number of nitrogens with zero attached hydrogens (tertiary/aromatic N) is 5. The Morgan fingerprint density at radius 2 is 1.77 bits per heavy atom. The van der Waals surface area contributed by atoms with Gasteiger partial charge in [0.1, 0.15) is 41.5 Å². The zero-order chi connectivity index (χ0) is 32.5. The third kappa shape index (κ3) is 6.17.